The van der Waals surface area contributed by atoms with Crippen LogP contribution in [0.15, 0.2) is 54.0 Å². The van der Waals surface area contributed by atoms with Gasteiger partial charge in [-0.1, -0.05) is 6.07 Å². The van der Waals surface area contributed by atoms with E-state index in [1.54, 1.807) is 13.2 Å². The maximum Gasteiger partial charge on any atom is 0.419 e. The zero-order valence-corrected chi connectivity index (χ0v) is 39.8. The molecule has 364 valence electrons. The molecule has 0 bridgehead atoms. The average Bonchev–Trinajstić information content (AvgIpc) is 3.99. The number of amides is 1. The van der Waals surface area contributed by atoms with Crippen molar-refractivity contribution in [3.8, 4) is 28.8 Å². The van der Waals surface area contributed by atoms with E-state index in [4.69, 9.17) is 24.9 Å². The van der Waals surface area contributed by atoms with Crippen LogP contribution in [0.25, 0.3) is 33.1 Å². The molecule has 7 heterocycles. The van der Waals surface area contributed by atoms with E-state index < -0.39 is 24.8 Å². The second-order valence-electron chi connectivity index (χ2n) is 17.9. The summed E-state index contributed by atoms with van der Waals surface area (Å²) in [4.78, 5) is 43.0. The lowest BCUT2D eigenvalue weighted by atomic mass is 9.91. The molecule has 6 N–H and O–H groups in total. The second-order valence-corrected chi connectivity index (χ2v) is 21.0. The van der Waals surface area contributed by atoms with Gasteiger partial charge in [-0.15, -0.1) is 0 Å². The molecule has 0 radical (unpaired) electrons. The lowest BCUT2D eigenvalue weighted by Crippen LogP contribution is -2.50. The Labute approximate surface area is 395 Å². The number of nitrogens with two attached hydrogens (primary N) is 1. The number of piperidine rings is 1. The predicted octanol–water partition coefficient (Wildman–Crippen LogP) is 5.39. The fourth-order valence-electron chi connectivity index (χ4n) is 8.57. The maximum absolute atomic E-state index is 13.9. The van der Waals surface area contributed by atoms with Crippen LogP contribution in [0.5, 0.6) is 11.5 Å². The highest BCUT2D eigenvalue weighted by Gasteiger charge is 2.37. The number of hydrogen-bond acceptors (Lipinski definition) is 16. The number of carbonyl (C=O) groups excluding carboxylic acids is 1. The molecule has 4 aromatic heterocycles. The van der Waals surface area contributed by atoms with Gasteiger partial charge in [0.2, 0.25) is 17.5 Å². The molecule has 1 atom stereocenters. The molecule has 2 saturated heterocycles. The number of ether oxygens (including phenoxy) is 3. The lowest BCUT2D eigenvalue weighted by molar-refractivity contribution is -0.137. The number of aromatic amines is 1. The zero-order chi connectivity index (χ0) is 49.1. The smallest absolute Gasteiger partial charge is 0.419 e. The number of nitrogen functional groups attached to an aromatic ring is 1. The first-order valence-electron chi connectivity index (χ1n) is 22.4. The summed E-state index contributed by atoms with van der Waals surface area (Å²) in [5.41, 5.74) is 6.15. The van der Waals surface area contributed by atoms with E-state index in [0.717, 1.165) is 69.5 Å². The summed E-state index contributed by atoms with van der Waals surface area (Å²) in [6, 6.07) is 8.89. The first-order valence-corrected chi connectivity index (χ1v) is 25.0. The Morgan fingerprint density at radius 1 is 1.09 bits per heavy atom. The number of rotatable bonds is 11. The van der Waals surface area contributed by atoms with E-state index in [-0.39, 0.29) is 51.5 Å². The van der Waals surface area contributed by atoms with Crippen LogP contribution in [-0.4, -0.2) is 130 Å². The van der Waals surface area contributed by atoms with E-state index in [2.05, 4.69) is 64.6 Å². The number of carbonyl (C=O) groups is 1. The van der Waals surface area contributed by atoms with Crippen LogP contribution in [0.3, 0.4) is 0 Å². The molecule has 69 heavy (non-hydrogen) atoms. The third-order valence-electron chi connectivity index (χ3n) is 12.1. The van der Waals surface area contributed by atoms with Gasteiger partial charge >= 0.3 is 6.18 Å². The molecule has 0 saturated carbocycles. The summed E-state index contributed by atoms with van der Waals surface area (Å²) in [6.45, 7) is 14.2. The Kier molecular flexibility index (Phi) is 14.2. The van der Waals surface area contributed by atoms with Gasteiger partial charge in [0.15, 0.2) is 11.5 Å². The van der Waals surface area contributed by atoms with Gasteiger partial charge in [0.25, 0.3) is 5.91 Å². The molecule has 19 nitrogen and oxygen atoms in total. The number of nitrogens with one attached hydrogen (secondary N) is 4. The van der Waals surface area contributed by atoms with E-state index in [1.165, 1.54) is 38.0 Å². The molecule has 3 aliphatic heterocycles. The molecule has 2 aromatic carbocycles. The average molecular weight is 971 g/mol. The predicted molar refractivity (Wildman–Crippen MR) is 255 cm³/mol. The molecule has 9 rings (SSSR count). The fourth-order valence-corrected chi connectivity index (χ4v) is 10.00. The van der Waals surface area contributed by atoms with Gasteiger partial charge in [-0.05, 0) is 64.6 Å². The summed E-state index contributed by atoms with van der Waals surface area (Å²) < 4.78 is 73.7. The molecular formula is C46H54F3N14O5P. The Bertz CT molecular complexity index is 3020. The van der Waals surface area contributed by atoms with Crippen LogP contribution in [0.1, 0.15) is 54.6 Å². The molecule has 1 amide bonds. The fraction of sp³-hybridized carbons (Fsp3) is 0.435. The lowest BCUT2D eigenvalue weighted by Gasteiger charge is -2.36. The van der Waals surface area contributed by atoms with Crippen molar-refractivity contribution in [2.24, 2.45) is 4.99 Å². The minimum atomic E-state index is -4.67. The van der Waals surface area contributed by atoms with Crippen molar-refractivity contribution in [3.05, 3.63) is 71.4 Å². The van der Waals surface area contributed by atoms with Crippen molar-refractivity contribution in [2.75, 3.05) is 89.4 Å². The summed E-state index contributed by atoms with van der Waals surface area (Å²) in [6.07, 6.45) is 2.84. The van der Waals surface area contributed by atoms with Gasteiger partial charge < -0.3 is 45.4 Å². The van der Waals surface area contributed by atoms with Gasteiger partial charge in [-0.3, -0.25) is 14.3 Å². The van der Waals surface area contributed by atoms with E-state index in [9.17, 15) is 27.8 Å². The summed E-state index contributed by atoms with van der Waals surface area (Å²) >= 11 is 0. The van der Waals surface area contributed by atoms with Crippen LogP contribution in [0.4, 0.5) is 30.9 Å². The number of aromatic nitrogens is 7. The number of nitriles is 1. The van der Waals surface area contributed by atoms with Crippen LogP contribution in [-0.2, 0) is 22.0 Å². The molecule has 1 unspecified atom stereocenters. The highest BCUT2D eigenvalue weighted by molar-refractivity contribution is 7.70. The number of benzene rings is 2. The number of hydrogen-bond donors (Lipinski definition) is 5. The second kappa shape index (κ2) is 20.1. The van der Waals surface area contributed by atoms with Crippen molar-refractivity contribution in [1.29, 1.82) is 5.26 Å². The van der Waals surface area contributed by atoms with Gasteiger partial charge in [-0.2, -0.15) is 23.4 Å². The monoisotopic (exact) mass is 970 g/mol. The standard InChI is InChI=1S/C23H26F3N6OP.C23H28N8O4/c1-22(2)8-7-14(10-30-22)31-21-29-12-17(23(24,25)26)18(32-21)16-11-28-19-15(16)6-5-13(9-27)20(19)34(3,4)33;1-33-19-17(35-10-2-6-30-8-11-34-12-9-30)4-3-16-18(19)28-23(31-7-5-25-20(16)31)29-21(32)15-13-26-22(24)27-14-15/h5-6,11-12,14,28,30H,7-8,10H2,1-4H3,(H,29,31,32);3-4,13-14,25H,2,5-12H2,1H3,(H2,24,26,27). The molecule has 6 aromatic rings. The number of halogens is 3. The number of nitrogens with zero attached hydrogens (tertiary/aromatic N) is 9. The molecular weight excluding hydrogens is 917 g/mol. The first kappa shape index (κ1) is 48.8. The van der Waals surface area contributed by atoms with E-state index in [0.29, 0.717) is 59.5 Å². The highest BCUT2D eigenvalue weighted by atomic mass is 31.2. The van der Waals surface area contributed by atoms with Gasteiger partial charge in [0.05, 0.1) is 60.6 Å². The summed E-state index contributed by atoms with van der Waals surface area (Å²) in [5.74, 6) is 1.62. The Balaban J connectivity index is 0.000000186. The van der Waals surface area contributed by atoms with E-state index in [1.807, 2.05) is 22.8 Å². The Morgan fingerprint density at radius 3 is 2.52 bits per heavy atom. The van der Waals surface area contributed by atoms with Gasteiger partial charge in [0.1, 0.15) is 24.0 Å². The zero-order valence-electron chi connectivity index (χ0n) is 38.9. The largest absolute Gasteiger partial charge is 0.491 e. The normalized spacial score (nSPS) is 17.4. The quantitative estimate of drug-likeness (QED) is 0.0807. The van der Waals surface area contributed by atoms with Crippen LogP contribution >= 0.6 is 7.14 Å². The third kappa shape index (κ3) is 11.0. The molecule has 3 aliphatic rings. The van der Waals surface area contributed by atoms with Crippen molar-refractivity contribution in [1.82, 2.24) is 44.7 Å². The summed E-state index contributed by atoms with van der Waals surface area (Å²) in [5, 5.41) is 21.0. The third-order valence-corrected chi connectivity index (χ3v) is 13.7. The first-order chi connectivity index (χ1) is 32.9. The van der Waals surface area contributed by atoms with Crippen LogP contribution < -0.4 is 42.1 Å². The number of fused-ring (bicyclic) bond motifs is 4. The minimum Gasteiger partial charge on any atom is -0.491 e. The molecule has 2 fully saturated rings. The van der Waals surface area contributed by atoms with Crippen molar-refractivity contribution in [2.45, 2.75) is 57.4 Å². The Morgan fingerprint density at radius 2 is 1.84 bits per heavy atom. The van der Waals surface area contributed by atoms with Crippen molar-refractivity contribution < 1.29 is 36.7 Å². The van der Waals surface area contributed by atoms with Crippen LogP contribution in [0, 0.1) is 11.3 Å². The minimum absolute atomic E-state index is 0.00631. The highest BCUT2D eigenvalue weighted by Crippen LogP contribution is 2.43. The maximum atomic E-state index is 13.9. The van der Waals surface area contributed by atoms with E-state index >= 15 is 0 Å². The van der Waals surface area contributed by atoms with Crippen LogP contribution in [0.2, 0.25) is 0 Å². The van der Waals surface area contributed by atoms with Gasteiger partial charge in [-0.25, -0.2) is 24.9 Å². The van der Waals surface area contributed by atoms with Crippen molar-refractivity contribution >= 4 is 57.9 Å². The number of methoxy groups -OCH3 is 1. The SMILES string of the molecule is CC1(C)CCC(Nc2ncc(C(F)(F)F)c(-c3c[nH]c4c(P(C)(C)=O)c(C#N)ccc34)n2)CN1.COc1c(OCCCN2CCOCC2)ccc2c3n(c(=NC(=O)c4cnc(N)nc4)nc12)CCN3. The number of anilines is 3. The molecule has 0 aliphatic carbocycles. The summed E-state index contributed by atoms with van der Waals surface area (Å²) in [7, 11) is -1.33. The van der Waals surface area contributed by atoms with Gasteiger partial charge in [0, 0.05) is 92.0 Å². The molecule has 23 heteroatoms. The Hall–Kier alpha value is -6.66. The number of H-pyrrole nitrogens is 1. The number of morpholine rings is 1. The number of alkyl halides is 3. The molecule has 0 spiro atoms. The topological polar surface area (TPSA) is 248 Å². The van der Waals surface area contributed by atoms with Crippen molar-refractivity contribution in [3.63, 3.8) is 0 Å².